The van der Waals surface area contributed by atoms with Crippen LogP contribution in [-0.4, -0.2) is 22.4 Å². The molecule has 2 rings (SSSR count). The van der Waals surface area contributed by atoms with Gasteiger partial charge in [0.25, 0.3) is 0 Å². The molecular weight excluding hydrogens is 285 g/mol. The molecular formula is C17H22FNO3. The van der Waals surface area contributed by atoms with Gasteiger partial charge in [-0.1, -0.05) is 36.6 Å². The lowest BCUT2D eigenvalue weighted by molar-refractivity contribution is -0.129. The average Bonchev–Trinajstić information content (AvgIpc) is 2.45. The largest absolute Gasteiger partial charge is 0.476 e. The van der Waals surface area contributed by atoms with Crippen molar-refractivity contribution in [1.82, 2.24) is 0 Å². The van der Waals surface area contributed by atoms with Crippen LogP contribution in [-0.2, 0) is 9.63 Å². The molecule has 0 saturated heterocycles. The first kappa shape index (κ1) is 16.5. The van der Waals surface area contributed by atoms with Crippen LogP contribution in [0.25, 0.3) is 0 Å². The number of hydrogen-bond donors (Lipinski definition) is 1. The third-order valence-electron chi connectivity index (χ3n) is 4.10. The van der Waals surface area contributed by atoms with Gasteiger partial charge in [-0.2, -0.15) is 0 Å². The van der Waals surface area contributed by atoms with Gasteiger partial charge in [-0.05, 0) is 44.7 Å². The van der Waals surface area contributed by atoms with Gasteiger partial charge >= 0.3 is 5.97 Å². The van der Waals surface area contributed by atoms with Crippen molar-refractivity contribution in [2.24, 2.45) is 5.16 Å². The lowest BCUT2D eigenvalue weighted by atomic mass is 9.89. The minimum Gasteiger partial charge on any atom is -0.476 e. The standard InChI is InChI=1S/C17H22FNO3/c1-17(11-7-3-2-4-8-12-17)22-19-15(16(20)21)13-9-5-6-10-14(13)18/h5-6,9-10H,2-4,7-8,11-12H2,1H3,(H,20,21). The molecule has 4 nitrogen and oxygen atoms in total. The first-order chi connectivity index (χ1) is 10.5. The first-order valence-electron chi connectivity index (χ1n) is 7.76. The highest BCUT2D eigenvalue weighted by atomic mass is 19.1. The van der Waals surface area contributed by atoms with E-state index in [1.807, 2.05) is 6.92 Å². The van der Waals surface area contributed by atoms with E-state index in [0.29, 0.717) is 0 Å². The van der Waals surface area contributed by atoms with Gasteiger partial charge in [0.15, 0.2) is 5.71 Å². The summed E-state index contributed by atoms with van der Waals surface area (Å²) < 4.78 is 13.8. The fourth-order valence-electron chi connectivity index (χ4n) is 2.76. The maximum atomic E-state index is 13.8. The summed E-state index contributed by atoms with van der Waals surface area (Å²) in [5.41, 5.74) is -0.919. The van der Waals surface area contributed by atoms with E-state index in [-0.39, 0.29) is 11.3 Å². The number of carboxylic acid groups (broad SMARTS) is 1. The van der Waals surface area contributed by atoms with Gasteiger partial charge in [-0.15, -0.1) is 0 Å². The number of carbonyl (C=O) groups is 1. The van der Waals surface area contributed by atoms with Crippen molar-refractivity contribution in [2.45, 2.75) is 57.5 Å². The van der Waals surface area contributed by atoms with Gasteiger partial charge < -0.3 is 9.94 Å². The van der Waals surface area contributed by atoms with Crippen LogP contribution >= 0.6 is 0 Å². The number of hydrogen-bond acceptors (Lipinski definition) is 3. The van der Waals surface area contributed by atoms with Crippen molar-refractivity contribution in [3.05, 3.63) is 35.6 Å². The van der Waals surface area contributed by atoms with E-state index in [0.717, 1.165) is 38.5 Å². The number of benzene rings is 1. The number of aliphatic carboxylic acids is 1. The maximum Gasteiger partial charge on any atom is 0.358 e. The van der Waals surface area contributed by atoms with Crippen LogP contribution in [0.1, 0.15) is 57.4 Å². The summed E-state index contributed by atoms with van der Waals surface area (Å²) in [5, 5.41) is 13.1. The van der Waals surface area contributed by atoms with Crippen LogP contribution < -0.4 is 0 Å². The monoisotopic (exact) mass is 307 g/mol. The summed E-state index contributed by atoms with van der Waals surface area (Å²) in [6.45, 7) is 1.95. The normalized spacial score (nSPS) is 19.1. The maximum absolute atomic E-state index is 13.8. The first-order valence-corrected chi connectivity index (χ1v) is 7.76. The quantitative estimate of drug-likeness (QED) is 0.672. The van der Waals surface area contributed by atoms with Crippen molar-refractivity contribution >= 4 is 11.7 Å². The summed E-state index contributed by atoms with van der Waals surface area (Å²) >= 11 is 0. The number of nitrogens with zero attached hydrogens (tertiary/aromatic N) is 1. The molecule has 1 aromatic carbocycles. The number of oxime groups is 1. The molecule has 0 spiro atoms. The summed E-state index contributed by atoms with van der Waals surface area (Å²) in [6.07, 6.45) is 7.28. The van der Waals surface area contributed by atoms with Crippen LogP contribution in [0.5, 0.6) is 0 Å². The van der Waals surface area contributed by atoms with Gasteiger partial charge in [0, 0.05) is 5.56 Å². The van der Waals surface area contributed by atoms with Crippen LogP contribution in [0.2, 0.25) is 0 Å². The second-order valence-corrected chi connectivity index (χ2v) is 6.03. The Kier molecular flexibility index (Phi) is 5.52. The van der Waals surface area contributed by atoms with Gasteiger partial charge in [-0.25, -0.2) is 9.18 Å². The van der Waals surface area contributed by atoms with Crippen LogP contribution in [0, 0.1) is 5.82 Å². The van der Waals surface area contributed by atoms with E-state index in [1.165, 1.54) is 24.6 Å². The zero-order valence-corrected chi connectivity index (χ0v) is 12.8. The highest BCUT2D eigenvalue weighted by molar-refractivity contribution is 6.42. The molecule has 0 heterocycles. The van der Waals surface area contributed by atoms with E-state index in [1.54, 1.807) is 6.07 Å². The fourth-order valence-corrected chi connectivity index (χ4v) is 2.76. The Morgan fingerprint density at radius 3 is 2.36 bits per heavy atom. The Morgan fingerprint density at radius 2 is 1.77 bits per heavy atom. The van der Waals surface area contributed by atoms with Gasteiger partial charge in [-0.3, -0.25) is 0 Å². The minimum absolute atomic E-state index is 0.0514. The van der Waals surface area contributed by atoms with Gasteiger partial charge in [0.05, 0.1) is 0 Å². The zero-order chi connectivity index (χ0) is 16.0. The Bertz CT molecular complexity index is 549. The highest BCUT2D eigenvalue weighted by Crippen LogP contribution is 2.29. The van der Waals surface area contributed by atoms with E-state index in [4.69, 9.17) is 4.84 Å². The second kappa shape index (κ2) is 7.38. The third-order valence-corrected chi connectivity index (χ3v) is 4.10. The Hall–Kier alpha value is -1.91. The van der Waals surface area contributed by atoms with E-state index in [2.05, 4.69) is 5.16 Å². The molecule has 1 fully saturated rings. The lowest BCUT2D eigenvalue weighted by Gasteiger charge is -2.29. The fraction of sp³-hybridized carbons (Fsp3) is 0.529. The molecule has 1 aliphatic carbocycles. The highest BCUT2D eigenvalue weighted by Gasteiger charge is 2.28. The van der Waals surface area contributed by atoms with Gasteiger partial charge in [0.2, 0.25) is 0 Å². The molecule has 1 aromatic rings. The number of carboxylic acids is 1. The molecule has 22 heavy (non-hydrogen) atoms. The zero-order valence-electron chi connectivity index (χ0n) is 12.8. The van der Waals surface area contributed by atoms with Crippen molar-refractivity contribution in [1.29, 1.82) is 0 Å². The van der Waals surface area contributed by atoms with E-state index < -0.39 is 17.4 Å². The molecule has 0 radical (unpaired) electrons. The van der Waals surface area contributed by atoms with Crippen molar-refractivity contribution < 1.29 is 19.1 Å². The van der Waals surface area contributed by atoms with Crippen molar-refractivity contribution in [2.75, 3.05) is 0 Å². The number of halogens is 1. The molecule has 0 aromatic heterocycles. The van der Waals surface area contributed by atoms with Crippen LogP contribution in [0.4, 0.5) is 4.39 Å². The lowest BCUT2D eigenvalue weighted by Crippen LogP contribution is -2.29. The number of rotatable bonds is 4. The van der Waals surface area contributed by atoms with E-state index >= 15 is 0 Å². The molecule has 1 N–H and O–H groups in total. The Balaban J connectivity index is 2.20. The molecule has 120 valence electrons. The topological polar surface area (TPSA) is 58.9 Å². The summed E-state index contributed by atoms with van der Waals surface area (Å²) in [6, 6.07) is 5.70. The Morgan fingerprint density at radius 1 is 1.18 bits per heavy atom. The second-order valence-electron chi connectivity index (χ2n) is 6.03. The predicted octanol–water partition coefficient (Wildman–Crippen LogP) is 4.13. The molecule has 0 amide bonds. The SMILES string of the molecule is CC1(ON=C(C(=O)O)c2ccccc2F)CCCCCCC1. The molecule has 1 aliphatic rings. The molecule has 0 atom stereocenters. The third kappa shape index (κ3) is 4.29. The molecule has 1 saturated carbocycles. The predicted molar refractivity (Wildman–Crippen MR) is 82.4 cm³/mol. The van der Waals surface area contributed by atoms with Gasteiger partial charge in [0.1, 0.15) is 11.4 Å². The van der Waals surface area contributed by atoms with Crippen LogP contribution in [0.15, 0.2) is 29.4 Å². The van der Waals surface area contributed by atoms with Crippen molar-refractivity contribution in [3.63, 3.8) is 0 Å². The summed E-state index contributed by atoms with van der Waals surface area (Å²) in [5.74, 6) is -1.91. The molecule has 0 bridgehead atoms. The summed E-state index contributed by atoms with van der Waals surface area (Å²) in [7, 11) is 0. The summed E-state index contributed by atoms with van der Waals surface area (Å²) in [4.78, 5) is 17.0. The van der Waals surface area contributed by atoms with Crippen LogP contribution in [0.3, 0.4) is 0 Å². The molecule has 0 unspecified atom stereocenters. The van der Waals surface area contributed by atoms with Crippen molar-refractivity contribution in [3.8, 4) is 0 Å². The van der Waals surface area contributed by atoms with E-state index in [9.17, 15) is 14.3 Å². The molecule has 5 heteroatoms. The minimum atomic E-state index is -1.29. The molecule has 0 aliphatic heterocycles. The smallest absolute Gasteiger partial charge is 0.358 e. The average molecular weight is 307 g/mol. The Labute approximate surface area is 130 Å².